The number of rotatable bonds is 5. The summed E-state index contributed by atoms with van der Waals surface area (Å²) in [6.07, 6.45) is 3.78. The summed E-state index contributed by atoms with van der Waals surface area (Å²) in [7, 11) is 0. The third-order valence-corrected chi connectivity index (χ3v) is 3.78. The maximum absolute atomic E-state index is 12.6. The second-order valence-corrected chi connectivity index (χ2v) is 6.97. The number of amides is 2. The van der Waals surface area contributed by atoms with Crippen LogP contribution in [0.2, 0.25) is 0 Å². The Bertz CT molecular complexity index is 764. The molecule has 1 heterocycles. The second-order valence-electron chi connectivity index (χ2n) is 6.97. The van der Waals surface area contributed by atoms with Crippen LogP contribution >= 0.6 is 0 Å². The molecule has 1 aromatic carbocycles. The molecule has 2 N–H and O–H groups in total. The molecular weight excluding hydrogens is 314 g/mol. The van der Waals surface area contributed by atoms with Crippen molar-refractivity contribution in [2.75, 3.05) is 11.9 Å². The highest BCUT2D eigenvalue weighted by Gasteiger charge is 2.19. The number of pyridine rings is 1. The van der Waals surface area contributed by atoms with Crippen LogP contribution in [0.3, 0.4) is 0 Å². The van der Waals surface area contributed by atoms with E-state index in [1.54, 1.807) is 6.07 Å². The van der Waals surface area contributed by atoms with Crippen LogP contribution in [-0.2, 0) is 5.41 Å². The number of aromatic nitrogens is 1. The number of carbonyl (C=O) groups is 2. The van der Waals surface area contributed by atoms with E-state index in [1.807, 2.05) is 31.2 Å². The second kappa shape index (κ2) is 7.92. The normalized spacial score (nSPS) is 11.0. The summed E-state index contributed by atoms with van der Waals surface area (Å²) in [5, 5.41) is 5.71. The average molecular weight is 339 g/mol. The summed E-state index contributed by atoms with van der Waals surface area (Å²) in [6, 6.07) is 9.29. The number of anilines is 1. The van der Waals surface area contributed by atoms with Crippen LogP contribution in [0, 0.1) is 0 Å². The summed E-state index contributed by atoms with van der Waals surface area (Å²) in [4.78, 5) is 28.7. The minimum Gasteiger partial charge on any atom is -0.352 e. The van der Waals surface area contributed by atoms with E-state index in [0.717, 1.165) is 17.7 Å². The van der Waals surface area contributed by atoms with Gasteiger partial charge in [0.1, 0.15) is 0 Å². The lowest BCUT2D eigenvalue weighted by molar-refractivity contribution is 0.0953. The quantitative estimate of drug-likeness (QED) is 0.871. The molecular formula is C20H25N3O2. The molecule has 2 amide bonds. The van der Waals surface area contributed by atoms with Gasteiger partial charge in [0.15, 0.2) is 0 Å². The lowest BCUT2D eigenvalue weighted by atomic mass is 9.86. The Morgan fingerprint density at radius 2 is 1.68 bits per heavy atom. The highest BCUT2D eigenvalue weighted by atomic mass is 16.2. The monoisotopic (exact) mass is 339 g/mol. The molecule has 0 bridgehead atoms. The van der Waals surface area contributed by atoms with E-state index in [-0.39, 0.29) is 17.2 Å². The molecule has 0 spiro atoms. The molecule has 0 aliphatic carbocycles. The zero-order valence-corrected chi connectivity index (χ0v) is 15.2. The minimum atomic E-state index is -0.283. The largest absolute Gasteiger partial charge is 0.352 e. The predicted octanol–water partition coefficient (Wildman–Crippen LogP) is 3.77. The molecule has 132 valence electrons. The maximum atomic E-state index is 12.6. The first-order valence-electron chi connectivity index (χ1n) is 8.47. The van der Waals surface area contributed by atoms with Gasteiger partial charge in [-0.3, -0.25) is 14.6 Å². The van der Waals surface area contributed by atoms with Gasteiger partial charge < -0.3 is 10.6 Å². The molecule has 1 aromatic heterocycles. The SMILES string of the molecule is CCCNC(=O)c1cncc(C(=O)Nc2ccccc2C(C)(C)C)c1. The van der Waals surface area contributed by atoms with Crippen LogP contribution in [0.15, 0.2) is 42.7 Å². The Balaban J connectivity index is 2.21. The summed E-state index contributed by atoms with van der Waals surface area (Å²) in [6.45, 7) is 8.86. The molecule has 2 aromatic rings. The van der Waals surface area contributed by atoms with Crippen LogP contribution in [0.1, 0.15) is 60.4 Å². The van der Waals surface area contributed by atoms with Crippen LogP contribution in [0.4, 0.5) is 5.69 Å². The van der Waals surface area contributed by atoms with E-state index in [4.69, 9.17) is 0 Å². The van der Waals surface area contributed by atoms with E-state index in [0.29, 0.717) is 17.7 Å². The van der Waals surface area contributed by atoms with Gasteiger partial charge in [-0.15, -0.1) is 0 Å². The molecule has 0 atom stereocenters. The number of benzene rings is 1. The van der Waals surface area contributed by atoms with E-state index in [2.05, 4.69) is 36.4 Å². The molecule has 0 saturated carbocycles. The molecule has 25 heavy (non-hydrogen) atoms. The van der Waals surface area contributed by atoms with Gasteiger partial charge in [-0.25, -0.2) is 0 Å². The molecule has 0 aliphatic heterocycles. The molecule has 0 saturated heterocycles. The van der Waals surface area contributed by atoms with Crippen molar-refractivity contribution in [2.24, 2.45) is 0 Å². The van der Waals surface area contributed by atoms with Crippen molar-refractivity contribution >= 4 is 17.5 Å². The molecule has 0 unspecified atom stereocenters. The minimum absolute atomic E-state index is 0.0932. The molecule has 5 heteroatoms. The van der Waals surface area contributed by atoms with Crippen LogP contribution in [0.25, 0.3) is 0 Å². The van der Waals surface area contributed by atoms with Crippen molar-refractivity contribution in [3.63, 3.8) is 0 Å². The Kier molecular flexibility index (Phi) is 5.91. The first-order chi connectivity index (χ1) is 11.8. The van der Waals surface area contributed by atoms with E-state index in [1.165, 1.54) is 12.4 Å². The smallest absolute Gasteiger partial charge is 0.257 e. The van der Waals surface area contributed by atoms with Gasteiger partial charge in [0, 0.05) is 24.6 Å². The van der Waals surface area contributed by atoms with Gasteiger partial charge in [0.05, 0.1) is 11.1 Å². The van der Waals surface area contributed by atoms with Crippen molar-refractivity contribution < 1.29 is 9.59 Å². The maximum Gasteiger partial charge on any atom is 0.257 e. The van der Waals surface area contributed by atoms with Crippen LogP contribution in [0.5, 0.6) is 0 Å². The summed E-state index contributed by atoms with van der Waals surface area (Å²) < 4.78 is 0. The van der Waals surface area contributed by atoms with Crippen molar-refractivity contribution in [1.29, 1.82) is 0 Å². The van der Waals surface area contributed by atoms with Gasteiger partial charge in [-0.05, 0) is 29.5 Å². The van der Waals surface area contributed by atoms with Crippen molar-refractivity contribution in [3.8, 4) is 0 Å². The Hall–Kier alpha value is -2.69. The topological polar surface area (TPSA) is 71.1 Å². The van der Waals surface area contributed by atoms with E-state index in [9.17, 15) is 9.59 Å². The zero-order valence-electron chi connectivity index (χ0n) is 15.2. The van der Waals surface area contributed by atoms with Crippen molar-refractivity contribution in [3.05, 3.63) is 59.4 Å². The standard InChI is InChI=1S/C20H25N3O2/c1-5-10-22-18(24)14-11-15(13-21-12-14)19(25)23-17-9-7-6-8-16(17)20(2,3)4/h6-9,11-13H,5,10H2,1-4H3,(H,22,24)(H,23,25). The van der Waals surface area contributed by atoms with E-state index < -0.39 is 0 Å². The molecule has 0 fully saturated rings. The molecule has 5 nitrogen and oxygen atoms in total. The highest BCUT2D eigenvalue weighted by Crippen LogP contribution is 2.29. The van der Waals surface area contributed by atoms with Crippen LogP contribution in [-0.4, -0.2) is 23.3 Å². The van der Waals surface area contributed by atoms with Gasteiger partial charge >= 0.3 is 0 Å². The van der Waals surface area contributed by atoms with Gasteiger partial charge in [-0.1, -0.05) is 45.9 Å². The van der Waals surface area contributed by atoms with Crippen molar-refractivity contribution in [2.45, 2.75) is 39.5 Å². The lowest BCUT2D eigenvalue weighted by Crippen LogP contribution is -2.25. The van der Waals surface area contributed by atoms with Crippen molar-refractivity contribution in [1.82, 2.24) is 10.3 Å². The zero-order chi connectivity index (χ0) is 18.4. The number of hydrogen-bond donors (Lipinski definition) is 2. The third-order valence-electron chi connectivity index (χ3n) is 3.78. The number of hydrogen-bond acceptors (Lipinski definition) is 3. The summed E-state index contributed by atoms with van der Waals surface area (Å²) >= 11 is 0. The number of carbonyl (C=O) groups excluding carboxylic acids is 2. The highest BCUT2D eigenvalue weighted by molar-refractivity contribution is 6.06. The van der Waals surface area contributed by atoms with E-state index >= 15 is 0 Å². The molecule has 0 aliphatic rings. The fraction of sp³-hybridized carbons (Fsp3) is 0.350. The molecule has 2 rings (SSSR count). The Labute approximate surface area is 148 Å². The van der Waals surface area contributed by atoms with Gasteiger partial charge in [0.2, 0.25) is 0 Å². The fourth-order valence-corrected chi connectivity index (χ4v) is 2.47. The summed E-state index contributed by atoms with van der Waals surface area (Å²) in [5.41, 5.74) is 2.45. The average Bonchev–Trinajstić information content (AvgIpc) is 2.59. The fourth-order valence-electron chi connectivity index (χ4n) is 2.47. The summed E-state index contributed by atoms with van der Waals surface area (Å²) in [5.74, 6) is -0.506. The first-order valence-corrected chi connectivity index (χ1v) is 8.47. The van der Waals surface area contributed by atoms with Gasteiger partial charge in [0.25, 0.3) is 11.8 Å². The third kappa shape index (κ3) is 4.89. The predicted molar refractivity (Wildman–Crippen MR) is 100.0 cm³/mol. The molecule has 0 radical (unpaired) electrons. The Morgan fingerprint density at radius 1 is 1.04 bits per heavy atom. The first kappa shape index (κ1) is 18.6. The number of para-hydroxylation sites is 1. The Morgan fingerprint density at radius 3 is 2.32 bits per heavy atom. The number of nitrogens with zero attached hydrogens (tertiary/aromatic N) is 1. The lowest BCUT2D eigenvalue weighted by Gasteiger charge is -2.23. The number of nitrogens with one attached hydrogen (secondary N) is 2. The van der Waals surface area contributed by atoms with Gasteiger partial charge in [-0.2, -0.15) is 0 Å². The van der Waals surface area contributed by atoms with Crippen LogP contribution < -0.4 is 10.6 Å².